The van der Waals surface area contributed by atoms with E-state index in [1.165, 1.54) is 11.3 Å². The van der Waals surface area contributed by atoms with Gasteiger partial charge in [0.15, 0.2) is 5.13 Å². The van der Waals surface area contributed by atoms with E-state index in [0.717, 1.165) is 37.8 Å². The number of thiazole rings is 1. The molecule has 20 heavy (non-hydrogen) atoms. The van der Waals surface area contributed by atoms with Gasteiger partial charge in [-0.1, -0.05) is 19.3 Å². The molecule has 1 saturated carbocycles. The number of carboxylic acid groups (broad SMARTS) is 1. The molecule has 0 bridgehead atoms. The number of anilines is 1. The number of carboxylic acids is 1. The van der Waals surface area contributed by atoms with Crippen LogP contribution in [-0.4, -0.2) is 28.1 Å². The summed E-state index contributed by atoms with van der Waals surface area (Å²) >= 11 is 1.32. The van der Waals surface area contributed by atoms with Crippen molar-refractivity contribution < 1.29 is 14.7 Å². The quantitative estimate of drug-likeness (QED) is 0.796. The summed E-state index contributed by atoms with van der Waals surface area (Å²) < 4.78 is 0. The Morgan fingerprint density at radius 1 is 1.40 bits per heavy atom. The molecule has 110 valence electrons. The lowest BCUT2D eigenvalue weighted by Crippen LogP contribution is -2.48. The van der Waals surface area contributed by atoms with Crippen molar-refractivity contribution in [2.75, 3.05) is 5.32 Å². The Hall–Kier alpha value is -1.63. The highest BCUT2D eigenvalue weighted by molar-refractivity contribution is 7.13. The molecule has 1 fully saturated rings. The van der Waals surface area contributed by atoms with Gasteiger partial charge in [0.25, 0.3) is 0 Å². The van der Waals surface area contributed by atoms with Crippen molar-refractivity contribution in [2.45, 2.75) is 45.1 Å². The number of aryl methyl sites for hydroxylation is 1. The average molecular weight is 297 g/mol. The molecule has 0 aromatic carbocycles. The van der Waals surface area contributed by atoms with Gasteiger partial charge in [0.1, 0.15) is 6.04 Å². The van der Waals surface area contributed by atoms with Crippen LogP contribution < -0.4 is 10.6 Å². The third-order valence-electron chi connectivity index (χ3n) is 3.51. The van der Waals surface area contributed by atoms with Crippen LogP contribution in [0.3, 0.4) is 0 Å². The van der Waals surface area contributed by atoms with Crippen molar-refractivity contribution in [3.05, 3.63) is 11.1 Å². The molecule has 1 aromatic rings. The van der Waals surface area contributed by atoms with Gasteiger partial charge in [0.2, 0.25) is 0 Å². The lowest BCUT2D eigenvalue weighted by atomic mass is 9.84. The minimum atomic E-state index is -0.970. The SMILES string of the molecule is Cc1csc(NC(=O)NC(C(=O)O)C2CCCCC2)n1. The van der Waals surface area contributed by atoms with Crippen LogP contribution in [0.5, 0.6) is 0 Å². The smallest absolute Gasteiger partial charge is 0.326 e. The predicted octanol–water partition coefficient (Wildman–Crippen LogP) is 2.61. The second-order valence-electron chi connectivity index (χ2n) is 5.11. The van der Waals surface area contributed by atoms with E-state index in [2.05, 4.69) is 15.6 Å². The standard InChI is InChI=1S/C13H19N3O3S/c1-8-7-20-13(14-8)16-12(19)15-10(11(17)18)9-5-3-2-4-6-9/h7,9-10H,2-6H2,1H3,(H,17,18)(H2,14,15,16,19). The first-order valence-electron chi connectivity index (χ1n) is 6.78. The van der Waals surface area contributed by atoms with Crippen molar-refractivity contribution >= 4 is 28.5 Å². The molecule has 1 aliphatic carbocycles. The van der Waals surface area contributed by atoms with Gasteiger partial charge in [-0.2, -0.15) is 0 Å². The Bertz CT molecular complexity index is 483. The summed E-state index contributed by atoms with van der Waals surface area (Å²) in [7, 11) is 0. The van der Waals surface area contributed by atoms with Crippen molar-refractivity contribution in [1.82, 2.24) is 10.3 Å². The Balaban J connectivity index is 1.93. The summed E-state index contributed by atoms with van der Waals surface area (Å²) in [5, 5.41) is 16.7. The third kappa shape index (κ3) is 3.93. The monoisotopic (exact) mass is 297 g/mol. The summed E-state index contributed by atoms with van der Waals surface area (Å²) in [6, 6.07) is -1.33. The zero-order chi connectivity index (χ0) is 14.5. The summed E-state index contributed by atoms with van der Waals surface area (Å²) in [6.45, 7) is 1.83. The van der Waals surface area contributed by atoms with Crippen LogP contribution in [0.1, 0.15) is 37.8 Å². The van der Waals surface area contributed by atoms with Gasteiger partial charge in [-0.3, -0.25) is 5.32 Å². The average Bonchev–Trinajstić information content (AvgIpc) is 2.82. The highest BCUT2D eigenvalue weighted by Gasteiger charge is 2.30. The van der Waals surface area contributed by atoms with E-state index >= 15 is 0 Å². The number of nitrogens with one attached hydrogen (secondary N) is 2. The molecule has 0 radical (unpaired) electrons. The molecule has 3 N–H and O–H groups in total. The number of amides is 2. The fraction of sp³-hybridized carbons (Fsp3) is 0.615. The Morgan fingerprint density at radius 3 is 2.65 bits per heavy atom. The molecule has 1 atom stereocenters. The molecule has 1 aromatic heterocycles. The van der Waals surface area contributed by atoms with Crippen LogP contribution in [0.25, 0.3) is 0 Å². The number of carbonyl (C=O) groups is 2. The molecule has 1 unspecified atom stereocenters. The molecule has 1 heterocycles. The maximum Gasteiger partial charge on any atom is 0.326 e. The molecule has 2 amide bonds. The van der Waals surface area contributed by atoms with Gasteiger partial charge in [-0.05, 0) is 25.7 Å². The molecule has 0 aliphatic heterocycles. The maximum atomic E-state index is 11.9. The number of aromatic nitrogens is 1. The number of urea groups is 1. The van der Waals surface area contributed by atoms with Crippen molar-refractivity contribution in [2.24, 2.45) is 5.92 Å². The van der Waals surface area contributed by atoms with E-state index in [4.69, 9.17) is 0 Å². The summed E-state index contributed by atoms with van der Waals surface area (Å²) in [5.41, 5.74) is 0.826. The van der Waals surface area contributed by atoms with Gasteiger partial charge >= 0.3 is 12.0 Å². The van der Waals surface area contributed by atoms with Gasteiger partial charge < -0.3 is 10.4 Å². The first-order chi connectivity index (χ1) is 9.56. The van der Waals surface area contributed by atoms with Crippen LogP contribution in [-0.2, 0) is 4.79 Å². The minimum Gasteiger partial charge on any atom is -0.480 e. The lowest BCUT2D eigenvalue weighted by molar-refractivity contribution is -0.141. The lowest BCUT2D eigenvalue weighted by Gasteiger charge is -2.27. The maximum absolute atomic E-state index is 11.9. The van der Waals surface area contributed by atoms with E-state index in [1.54, 1.807) is 0 Å². The third-order valence-corrected chi connectivity index (χ3v) is 4.39. The van der Waals surface area contributed by atoms with E-state index in [0.29, 0.717) is 5.13 Å². The zero-order valence-corrected chi connectivity index (χ0v) is 12.2. The van der Waals surface area contributed by atoms with Crippen molar-refractivity contribution in [3.8, 4) is 0 Å². The van der Waals surface area contributed by atoms with Gasteiger partial charge in [-0.25, -0.2) is 14.6 Å². The minimum absolute atomic E-state index is 0.0185. The largest absolute Gasteiger partial charge is 0.480 e. The summed E-state index contributed by atoms with van der Waals surface area (Å²) in [5.74, 6) is -0.951. The Morgan fingerprint density at radius 2 is 2.10 bits per heavy atom. The first-order valence-corrected chi connectivity index (χ1v) is 7.66. The second-order valence-corrected chi connectivity index (χ2v) is 5.96. The number of hydrogen-bond acceptors (Lipinski definition) is 4. The van der Waals surface area contributed by atoms with Crippen molar-refractivity contribution in [1.29, 1.82) is 0 Å². The number of rotatable bonds is 4. The van der Waals surface area contributed by atoms with E-state index in [9.17, 15) is 14.7 Å². The first kappa shape index (κ1) is 14.8. The molecule has 0 spiro atoms. The molecule has 7 heteroatoms. The van der Waals surface area contributed by atoms with Crippen LogP contribution in [0.2, 0.25) is 0 Å². The highest BCUT2D eigenvalue weighted by Crippen LogP contribution is 2.26. The van der Waals surface area contributed by atoms with E-state index in [-0.39, 0.29) is 5.92 Å². The highest BCUT2D eigenvalue weighted by atomic mass is 32.1. The Labute approximate surface area is 121 Å². The molecular weight excluding hydrogens is 278 g/mol. The van der Waals surface area contributed by atoms with Gasteiger partial charge in [0, 0.05) is 5.38 Å². The molecular formula is C13H19N3O3S. The van der Waals surface area contributed by atoms with Crippen LogP contribution in [0.4, 0.5) is 9.93 Å². The molecule has 1 aliphatic rings. The fourth-order valence-corrected chi connectivity index (χ4v) is 3.22. The van der Waals surface area contributed by atoms with Crippen LogP contribution >= 0.6 is 11.3 Å². The van der Waals surface area contributed by atoms with Crippen LogP contribution in [0.15, 0.2) is 5.38 Å². The van der Waals surface area contributed by atoms with Crippen molar-refractivity contribution in [3.63, 3.8) is 0 Å². The zero-order valence-electron chi connectivity index (χ0n) is 11.4. The summed E-state index contributed by atoms with van der Waals surface area (Å²) in [6.07, 6.45) is 4.92. The van der Waals surface area contributed by atoms with Crippen LogP contribution in [0, 0.1) is 12.8 Å². The number of carbonyl (C=O) groups excluding carboxylic acids is 1. The Kier molecular flexibility index (Phi) is 4.94. The molecule has 6 nitrogen and oxygen atoms in total. The predicted molar refractivity (Wildman–Crippen MR) is 77.0 cm³/mol. The normalized spacial score (nSPS) is 17.4. The molecule has 0 saturated heterocycles. The number of aliphatic carboxylic acids is 1. The second kappa shape index (κ2) is 6.69. The fourth-order valence-electron chi connectivity index (χ4n) is 2.53. The number of hydrogen-bond donors (Lipinski definition) is 3. The van der Waals surface area contributed by atoms with Gasteiger partial charge in [-0.15, -0.1) is 11.3 Å². The van der Waals surface area contributed by atoms with E-state index in [1.807, 2.05) is 12.3 Å². The summed E-state index contributed by atoms with van der Waals surface area (Å²) in [4.78, 5) is 27.3. The topological polar surface area (TPSA) is 91.3 Å². The molecule has 2 rings (SSSR count). The van der Waals surface area contributed by atoms with E-state index < -0.39 is 18.0 Å². The van der Waals surface area contributed by atoms with Gasteiger partial charge in [0.05, 0.1) is 5.69 Å². The number of nitrogens with zero attached hydrogens (tertiary/aromatic N) is 1.